The van der Waals surface area contributed by atoms with Crippen LogP contribution in [-0.2, 0) is 27.9 Å². The molecular weight excluding hydrogens is 884 g/mol. The third kappa shape index (κ3) is 11.2. The molecule has 65 heavy (non-hydrogen) atoms. The first-order valence-electron chi connectivity index (χ1n) is 24.1. The molecule has 3 unspecified atom stereocenters. The van der Waals surface area contributed by atoms with E-state index in [9.17, 15) is 18.0 Å². The number of aromatic amines is 1. The van der Waals surface area contributed by atoms with E-state index < -0.39 is 28.6 Å². The Labute approximate surface area is 394 Å². The molecule has 2 aromatic carbocycles. The number of nitrogens with one attached hydrogen (secondary N) is 3. The molecule has 17 heteroatoms. The lowest BCUT2D eigenvalue weighted by atomic mass is 9.87. The summed E-state index contributed by atoms with van der Waals surface area (Å²) in [6.07, 6.45) is 21.3. The third-order valence-electron chi connectivity index (χ3n) is 13.9. The molecule has 4 aromatic rings. The molecule has 3 atom stereocenters. The van der Waals surface area contributed by atoms with Gasteiger partial charge in [-0.05, 0) is 88.6 Å². The molecule has 0 aliphatic heterocycles. The van der Waals surface area contributed by atoms with Gasteiger partial charge in [0.05, 0.1) is 23.0 Å². The summed E-state index contributed by atoms with van der Waals surface area (Å²) in [5.41, 5.74) is 2.13. The Balaban J connectivity index is 1.02. The fraction of sp³-hybridized carbons (Fsp3) is 0.625. The summed E-state index contributed by atoms with van der Waals surface area (Å²) in [6, 6.07) is 11.8. The molecule has 0 radical (unpaired) electrons. The Hall–Kier alpha value is -3.99. The van der Waals surface area contributed by atoms with Crippen molar-refractivity contribution < 1.29 is 26.4 Å². The predicted octanol–water partition coefficient (Wildman–Crippen LogP) is 10.6. The maximum atomic E-state index is 15.0. The highest BCUT2D eigenvalue weighted by atomic mass is 35.5. The molecule has 4 fully saturated rings. The van der Waals surface area contributed by atoms with Crippen LogP contribution in [0.1, 0.15) is 194 Å². The van der Waals surface area contributed by atoms with Crippen molar-refractivity contribution in [3.8, 4) is 11.5 Å². The fourth-order valence-electron chi connectivity index (χ4n) is 10.6. The van der Waals surface area contributed by atoms with Gasteiger partial charge in [-0.15, -0.1) is 10.2 Å². The van der Waals surface area contributed by atoms with Gasteiger partial charge in [-0.1, -0.05) is 115 Å². The number of anilines is 1. The van der Waals surface area contributed by atoms with E-state index in [2.05, 4.69) is 34.5 Å². The van der Waals surface area contributed by atoms with Crippen molar-refractivity contribution >= 4 is 57.3 Å². The van der Waals surface area contributed by atoms with Crippen LogP contribution < -0.4 is 17.8 Å². The smallest absolute Gasteiger partial charge is 0.316 e. The lowest BCUT2D eigenvalue weighted by molar-refractivity contribution is 0.0435. The summed E-state index contributed by atoms with van der Waals surface area (Å²) < 4.78 is 46.8. The molecule has 354 valence electrons. The van der Waals surface area contributed by atoms with Gasteiger partial charge in [0.15, 0.2) is 17.2 Å². The minimum atomic E-state index is -2.21. The Morgan fingerprint density at radius 3 is 1.82 bits per heavy atom. The van der Waals surface area contributed by atoms with Crippen LogP contribution in [-0.4, -0.2) is 74.0 Å². The van der Waals surface area contributed by atoms with Crippen LogP contribution in [0.2, 0.25) is 5.02 Å². The van der Waals surface area contributed by atoms with E-state index in [1.54, 1.807) is 53.9 Å². The number of amides is 2. The maximum absolute atomic E-state index is 15.0. The summed E-state index contributed by atoms with van der Waals surface area (Å²) in [6.45, 7) is 7.91. The molecular formula is C48H67ClN8O6S2. The standard InChI is InChI=1S/C48H67ClN8O6S2/c1-32(44-50-51-45-42(49)43(48(2,3)4)52-57(44)45)53-64(60)62-39-27-17-18-34(31-39)54-65(61)63-41-30-33(46(58)55(35-19-9-5-10-20-35)36-21-11-6-12-22-36)28-29-40(41)47(59)56(37-23-13-7-14-24-37)38-25-15-8-16-26-38/h17-18,27-32,35-38,52-54H,5-16,19-26H2,1-4H3. The van der Waals surface area contributed by atoms with Crippen LogP contribution in [0, 0.1) is 0 Å². The van der Waals surface area contributed by atoms with Crippen molar-refractivity contribution in [2.24, 2.45) is 0 Å². The largest absolute Gasteiger partial charge is 0.389 e. The predicted molar refractivity (Wildman–Crippen MR) is 256 cm³/mol. The van der Waals surface area contributed by atoms with Crippen LogP contribution in [0.5, 0.6) is 11.5 Å². The van der Waals surface area contributed by atoms with Gasteiger partial charge in [0.2, 0.25) is 0 Å². The Bertz CT molecular complexity index is 2290. The van der Waals surface area contributed by atoms with E-state index in [0.717, 1.165) is 108 Å². The second kappa shape index (κ2) is 21.3. The Morgan fingerprint density at radius 1 is 0.738 bits per heavy atom. The second-order valence-corrected chi connectivity index (χ2v) is 21.8. The zero-order valence-corrected chi connectivity index (χ0v) is 40.8. The van der Waals surface area contributed by atoms with Crippen molar-refractivity contribution in [2.45, 2.75) is 192 Å². The minimum absolute atomic E-state index is 0.0524. The normalized spacial score (nSPS) is 20.0. The third-order valence-corrected chi connectivity index (χ3v) is 15.9. The number of halogens is 1. The van der Waals surface area contributed by atoms with Gasteiger partial charge in [0.25, 0.3) is 23.1 Å². The zero-order valence-electron chi connectivity index (χ0n) is 38.5. The molecule has 4 aliphatic rings. The second-order valence-electron chi connectivity index (χ2n) is 19.7. The molecule has 2 amide bonds. The van der Waals surface area contributed by atoms with Crippen LogP contribution in [0.4, 0.5) is 5.69 Å². The van der Waals surface area contributed by atoms with Gasteiger partial charge >= 0.3 is 11.3 Å². The van der Waals surface area contributed by atoms with Gasteiger partial charge in [0.1, 0.15) is 10.8 Å². The average molecular weight is 952 g/mol. The fourth-order valence-corrected chi connectivity index (χ4v) is 12.4. The average Bonchev–Trinajstić information content (AvgIpc) is 3.88. The number of rotatable bonds is 15. The molecule has 4 saturated carbocycles. The van der Waals surface area contributed by atoms with Crippen molar-refractivity contribution in [3.05, 3.63) is 70.1 Å². The quantitative estimate of drug-likeness (QED) is 0.106. The van der Waals surface area contributed by atoms with E-state index in [1.165, 1.54) is 25.7 Å². The number of carbonyl (C=O) groups is 2. The van der Waals surface area contributed by atoms with Gasteiger partial charge in [-0.3, -0.25) is 19.4 Å². The molecule has 8 rings (SSSR count). The first-order valence-corrected chi connectivity index (χ1v) is 26.6. The van der Waals surface area contributed by atoms with Crippen LogP contribution in [0.25, 0.3) is 5.65 Å². The van der Waals surface area contributed by atoms with Crippen molar-refractivity contribution in [3.63, 3.8) is 0 Å². The van der Waals surface area contributed by atoms with E-state index in [-0.39, 0.29) is 52.9 Å². The number of hydrogen-bond donors (Lipinski definition) is 3. The van der Waals surface area contributed by atoms with E-state index in [0.29, 0.717) is 33.3 Å². The van der Waals surface area contributed by atoms with Gasteiger partial charge < -0.3 is 18.2 Å². The van der Waals surface area contributed by atoms with E-state index >= 15 is 0 Å². The number of aromatic nitrogens is 4. The van der Waals surface area contributed by atoms with Crippen LogP contribution in [0.3, 0.4) is 0 Å². The van der Waals surface area contributed by atoms with Gasteiger partial charge in [0, 0.05) is 41.2 Å². The number of hydrogen-bond acceptors (Lipinski definition) is 8. The molecule has 3 N–H and O–H groups in total. The number of nitrogens with zero attached hydrogens (tertiary/aromatic N) is 5. The van der Waals surface area contributed by atoms with E-state index in [1.807, 2.05) is 20.8 Å². The summed E-state index contributed by atoms with van der Waals surface area (Å²) in [4.78, 5) is 34.0. The maximum Gasteiger partial charge on any atom is 0.316 e. The van der Waals surface area contributed by atoms with Crippen molar-refractivity contribution in [1.82, 2.24) is 34.3 Å². The minimum Gasteiger partial charge on any atom is -0.389 e. The summed E-state index contributed by atoms with van der Waals surface area (Å²) in [5.74, 6) is 0.633. The van der Waals surface area contributed by atoms with Gasteiger partial charge in [-0.25, -0.2) is 4.52 Å². The van der Waals surface area contributed by atoms with Crippen molar-refractivity contribution in [1.29, 1.82) is 0 Å². The molecule has 2 aromatic heterocycles. The topological polar surface area (TPSA) is 163 Å². The van der Waals surface area contributed by atoms with Gasteiger partial charge in [-0.2, -0.15) is 13.1 Å². The highest BCUT2D eigenvalue weighted by Crippen LogP contribution is 2.37. The zero-order chi connectivity index (χ0) is 45.7. The SMILES string of the molecule is CC(NS(=O)Oc1cccc(NS(=O)Oc2cc(C(=O)N(C3CCCCC3)C3CCCCC3)ccc2C(=O)N(C2CCCCC2)C2CCCCC2)c1)c1nnc2c(Cl)c(C(C)(C)C)[nH]n12. The summed E-state index contributed by atoms with van der Waals surface area (Å²) >= 11 is 2.39. The molecule has 0 saturated heterocycles. The molecule has 14 nitrogen and oxygen atoms in total. The molecule has 4 aliphatic carbocycles. The highest BCUT2D eigenvalue weighted by molar-refractivity contribution is 7.82. The first kappa shape index (κ1) is 47.5. The molecule has 0 bridgehead atoms. The Kier molecular flexibility index (Phi) is 15.6. The lowest BCUT2D eigenvalue weighted by Gasteiger charge is -2.42. The van der Waals surface area contributed by atoms with Crippen LogP contribution in [0.15, 0.2) is 42.5 Å². The molecule has 0 spiro atoms. The number of H-pyrrole nitrogens is 1. The summed E-state index contributed by atoms with van der Waals surface area (Å²) in [5, 5.41) is 12.3. The lowest BCUT2D eigenvalue weighted by Crippen LogP contribution is -2.49. The first-order chi connectivity index (χ1) is 31.4. The van der Waals surface area contributed by atoms with Crippen LogP contribution >= 0.6 is 11.6 Å². The van der Waals surface area contributed by atoms with E-state index in [4.69, 9.17) is 20.0 Å². The highest BCUT2D eigenvalue weighted by Gasteiger charge is 2.37. The number of benzene rings is 2. The Morgan fingerprint density at radius 2 is 1.28 bits per heavy atom. The summed E-state index contributed by atoms with van der Waals surface area (Å²) in [7, 11) is 0. The molecule has 2 heterocycles. The van der Waals surface area contributed by atoms with Crippen molar-refractivity contribution in [2.75, 3.05) is 4.72 Å². The number of fused-ring (bicyclic) bond motifs is 1. The monoisotopic (exact) mass is 950 g/mol. The number of carbonyl (C=O) groups excluding carboxylic acids is 2.